The number of allylic oxidation sites excluding steroid dienone is 3. The Morgan fingerprint density at radius 3 is 2.72 bits per heavy atom. The first kappa shape index (κ1) is 11.4. The van der Waals surface area contributed by atoms with Crippen molar-refractivity contribution in [1.82, 2.24) is 4.98 Å². The highest BCUT2D eigenvalue weighted by Gasteiger charge is 2.54. The van der Waals surface area contributed by atoms with Gasteiger partial charge in [-0.25, -0.2) is 0 Å². The van der Waals surface area contributed by atoms with Crippen molar-refractivity contribution in [2.24, 2.45) is 17.3 Å². The molecule has 1 aromatic heterocycles. The van der Waals surface area contributed by atoms with Gasteiger partial charge in [0.25, 0.3) is 0 Å². The van der Waals surface area contributed by atoms with Crippen molar-refractivity contribution in [3.05, 3.63) is 47.8 Å². The van der Waals surface area contributed by atoms with Gasteiger partial charge in [0, 0.05) is 12.1 Å². The van der Waals surface area contributed by atoms with Gasteiger partial charge in [-0.2, -0.15) is 0 Å². The van der Waals surface area contributed by atoms with Gasteiger partial charge in [0.05, 0.1) is 5.69 Å². The van der Waals surface area contributed by atoms with E-state index in [9.17, 15) is 4.79 Å². The summed E-state index contributed by atoms with van der Waals surface area (Å²) < 4.78 is 0. The molecular formula is C16H17NO. The molecule has 2 nitrogen and oxygen atoms in total. The van der Waals surface area contributed by atoms with Crippen LogP contribution in [0.1, 0.15) is 26.0 Å². The molecule has 1 heterocycles. The largest absolute Gasteiger partial charge is 0.295 e. The Hall–Kier alpha value is -1.70. The van der Waals surface area contributed by atoms with E-state index in [-0.39, 0.29) is 11.3 Å². The zero-order valence-electron chi connectivity index (χ0n) is 10.8. The van der Waals surface area contributed by atoms with Crippen molar-refractivity contribution in [1.29, 1.82) is 0 Å². The van der Waals surface area contributed by atoms with Gasteiger partial charge in [0.2, 0.25) is 0 Å². The van der Waals surface area contributed by atoms with Crippen LogP contribution in [0.25, 0.3) is 6.08 Å². The van der Waals surface area contributed by atoms with Crippen molar-refractivity contribution >= 4 is 11.9 Å². The maximum Gasteiger partial charge on any atom is 0.159 e. The minimum atomic E-state index is 0.135. The summed E-state index contributed by atoms with van der Waals surface area (Å²) in [5.74, 6) is 1.07. The average molecular weight is 239 g/mol. The monoisotopic (exact) mass is 239 g/mol. The van der Waals surface area contributed by atoms with Gasteiger partial charge < -0.3 is 0 Å². The molecule has 1 fully saturated rings. The van der Waals surface area contributed by atoms with Crippen molar-refractivity contribution in [2.75, 3.05) is 0 Å². The second-order valence-electron chi connectivity index (χ2n) is 5.80. The molecular weight excluding hydrogens is 222 g/mol. The number of rotatable bonds is 2. The van der Waals surface area contributed by atoms with Crippen LogP contribution in [0.3, 0.4) is 0 Å². The van der Waals surface area contributed by atoms with Crippen LogP contribution in [0.2, 0.25) is 0 Å². The quantitative estimate of drug-likeness (QED) is 0.792. The van der Waals surface area contributed by atoms with Crippen molar-refractivity contribution < 1.29 is 4.79 Å². The van der Waals surface area contributed by atoms with E-state index in [0.29, 0.717) is 11.7 Å². The molecule has 2 heteroatoms. The Bertz CT molecular complexity index is 539. The summed E-state index contributed by atoms with van der Waals surface area (Å²) in [7, 11) is 0. The smallest absolute Gasteiger partial charge is 0.159 e. The number of pyridine rings is 1. The number of nitrogens with zero attached hydrogens (tertiary/aromatic N) is 1. The third kappa shape index (κ3) is 1.64. The lowest BCUT2D eigenvalue weighted by molar-refractivity contribution is -0.133. The van der Waals surface area contributed by atoms with Gasteiger partial charge in [-0.1, -0.05) is 26.0 Å². The van der Waals surface area contributed by atoms with E-state index in [1.165, 1.54) is 0 Å². The first-order valence-corrected chi connectivity index (χ1v) is 6.43. The lowest BCUT2D eigenvalue weighted by atomic mass is 9.48. The van der Waals surface area contributed by atoms with Gasteiger partial charge >= 0.3 is 0 Å². The minimum absolute atomic E-state index is 0.135. The Balaban J connectivity index is 1.86. The van der Waals surface area contributed by atoms with Gasteiger partial charge in [0.1, 0.15) is 0 Å². The number of hydrogen-bond acceptors (Lipinski definition) is 2. The molecule has 1 aromatic rings. The molecule has 3 aliphatic carbocycles. The Morgan fingerprint density at radius 1 is 1.28 bits per heavy atom. The molecule has 0 spiro atoms. The average Bonchev–Trinajstić information content (AvgIpc) is 2.36. The maximum atomic E-state index is 11.9. The molecule has 18 heavy (non-hydrogen) atoms. The van der Waals surface area contributed by atoms with Crippen molar-refractivity contribution in [2.45, 2.75) is 20.3 Å². The second-order valence-corrected chi connectivity index (χ2v) is 5.80. The fourth-order valence-electron chi connectivity index (χ4n) is 3.16. The van der Waals surface area contributed by atoms with Crippen LogP contribution >= 0.6 is 0 Å². The van der Waals surface area contributed by atoms with Crippen LogP contribution in [0.15, 0.2) is 42.1 Å². The van der Waals surface area contributed by atoms with E-state index in [1.807, 2.05) is 30.4 Å². The first-order chi connectivity index (χ1) is 8.59. The Morgan fingerprint density at radius 2 is 2.11 bits per heavy atom. The number of hydrogen-bond donors (Lipinski definition) is 0. The second kappa shape index (κ2) is 3.91. The number of carbonyl (C=O) groups is 1. The van der Waals surface area contributed by atoms with Crippen LogP contribution < -0.4 is 0 Å². The summed E-state index contributed by atoms with van der Waals surface area (Å²) in [5, 5.41) is 0. The number of carbonyl (C=O) groups excluding carboxylic acids is 1. The van der Waals surface area contributed by atoms with E-state index >= 15 is 0 Å². The van der Waals surface area contributed by atoms with E-state index < -0.39 is 0 Å². The topological polar surface area (TPSA) is 30.0 Å². The van der Waals surface area contributed by atoms with Crippen LogP contribution in [-0.2, 0) is 4.79 Å². The van der Waals surface area contributed by atoms with Gasteiger partial charge in [-0.05, 0) is 47.6 Å². The highest BCUT2D eigenvalue weighted by atomic mass is 16.1. The molecule has 2 atom stereocenters. The molecule has 2 bridgehead atoms. The van der Waals surface area contributed by atoms with Gasteiger partial charge in [-0.15, -0.1) is 0 Å². The standard InChI is InChI=1S/C16H17NO/c1-16(2)13-10-14(16)15(18)9-11(13)6-7-12-5-3-4-8-17-12/h3-9,13-14H,10H2,1-2H3/b7-6+/t13-,14+/m1/s1. The summed E-state index contributed by atoms with van der Waals surface area (Å²) in [6, 6.07) is 5.84. The SMILES string of the molecule is CC1(C)[C@@H]2C[C@H]1C(=O)C=C2/C=C/c1ccccn1. The summed E-state index contributed by atoms with van der Waals surface area (Å²) >= 11 is 0. The molecule has 0 aliphatic heterocycles. The highest BCUT2D eigenvalue weighted by molar-refractivity contribution is 5.96. The van der Waals surface area contributed by atoms with E-state index in [2.05, 4.69) is 24.9 Å². The molecule has 0 radical (unpaired) electrons. The summed E-state index contributed by atoms with van der Waals surface area (Å²) in [6.07, 6.45) is 8.67. The normalized spacial score (nSPS) is 29.0. The molecule has 0 unspecified atom stereocenters. The van der Waals surface area contributed by atoms with Gasteiger partial charge in [-0.3, -0.25) is 9.78 Å². The molecule has 92 valence electrons. The third-order valence-corrected chi connectivity index (χ3v) is 4.46. The Labute approximate surface area is 107 Å². The van der Waals surface area contributed by atoms with E-state index in [0.717, 1.165) is 17.7 Å². The van der Waals surface area contributed by atoms with E-state index in [1.54, 1.807) is 6.20 Å². The van der Waals surface area contributed by atoms with Crippen LogP contribution in [0.5, 0.6) is 0 Å². The lowest BCUT2D eigenvalue weighted by Gasteiger charge is -2.54. The highest BCUT2D eigenvalue weighted by Crippen LogP contribution is 2.58. The minimum Gasteiger partial charge on any atom is -0.295 e. The maximum absolute atomic E-state index is 11.9. The molecule has 0 amide bonds. The molecule has 0 aromatic carbocycles. The molecule has 0 N–H and O–H groups in total. The molecule has 0 saturated heterocycles. The van der Waals surface area contributed by atoms with Gasteiger partial charge in [0.15, 0.2) is 5.78 Å². The number of aromatic nitrogens is 1. The first-order valence-electron chi connectivity index (χ1n) is 6.43. The predicted octanol–water partition coefficient (Wildman–Crippen LogP) is 3.27. The third-order valence-electron chi connectivity index (χ3n) is 4.46. The summed E-state index contributed by atoms with van der Waals surface area (Å²) in [5.41, 5.74) is 2.23. The fraction of sp³-hybridized carbons (Fsp3) is 0.375. The van der Waals surface area contributed by atoms with Crippen LogP contribution in [0.4, 0.5) is 0 Å². The number of fused-ring (bicyclic) bond motifs is 1. The molecule has 3 aliphatic rings. The molecule has 4 rings (SSSR count). The van der Waals surface area contributed by atoms with Crippen molar-refractivity contribution in [3.8, 4) is 0 Å². The van der Waals surface area contributed by atoms with Crippen LogP contribution in [0, 0.1) is 17.3 Å². The zero-order valence-corrected chi connectivity index (χ0v) is 10.8. The lowest BCUT2D eigenvalue weighted by Crippen LogP contribution is -2.52. The van der Waals surface area contributed by atoms with Crippen molar-refractivity contribution in [3.63, 3.8) is 0 Å². The Kier molecular flexibility index (Phi) is 2.47. The molecule has 1 saturated carbocycles. The van der Waals surface area contributed by atoms with Crippen LogP contribution in [-0.4, -0.2) is 10.8 Å². The van der Waals surface area contributed by atoms with E-state index in [4.69, 9.17) is 0 Å². The summed E-state index contributed by atoms with van der Waals surface area (Å²) in [4.78, 5) is 16.2. The zero-order chi connectivity index (χ0) is 12.8. The number of ketones is 1. The predicted molar refractivity (Wildman–Crippen MR) is 71.7 cm³/mol. The fourth-order valence-corrected chi connectivity index (χ4v) is 3.16. The summed E-state index contributed by atoms with van der Waals surface area (Å²) in [6.45, 7) is 4.40.